The minimum absolute atomic E-state index is 0.274. The third-order valence-corrected chi connectivity index (χ3v) is 2.66. The molecule has 0 atom stereocenters. The van der Waals surface area contributed by atoms with E-state index < -0.39 is 11.6 Å². The quantitative estimate of drug-likeness (QED) is 0.649. The summed E-state index contributed by atoms with van der Waals surface area (Å²) in [7, 11) is 0. The second-order valence-corrected chi connectivity index (χ2v) is 3.93. The predicted octanol–water partition coefficient (Wildman–Crippen LogP) is 5.30. The van der Waals surface area contributed by atoms with Gasteiger partial charge in [0.2, 0.25) is 0 Å². The first kappa shape index (κ1) is 15.7. The van der Waals surface area contributed by atoms with Gasteiger partial charge in [-0.3, -0.25) is 0 Å². The van der Waals surface area contributed by atoms with Gasteiger partial charge in [0.1, 0.15) is 0 Å². The summed E-state index contributed by atoms with van der Waals surface area (Å²) in [5, 5.41) is 0. The highest BCUT2D eigenvalue weighted by atomic mass is 19.2. The van der Waals surface area contributed by atoms with Gasteiger partial charge in [0.15, 0.2) is 11.6 Å². The molecule has 0 aliphatic rings. The van der Waals surface area contributed by atoms with Crippen molar-refractivity contribution < 1.29 is 8.78 Å². The van der Waals surface area contributed by atoms with Crippen LogP contribution >= 0.6 is 0 Å². The van der Waals surface area contributed by atoms with Crippen LogP contribution in [0, 0.1) is 23.5 Å². The first-order chi connectivity index (χ1) is 9.63. The molecule has 0 amide bonds. The Morgan fingerprint density at radius 1 is 0.950 bits per heavy atom. The highest BCUT2D eigenvalue weighted by Crippen LogP contribution is 2.24. The number of hydrogen-bond acceptors (Lipinski definition) is 0. The number of benzene rings is 2. The van der Waals surface area contributed by atoms with E-state index in [4.69, 9.17) is 0 Å². The fourth-order valence-electron chi connectivity index (χ4n) is 1.53. The fourth-order valence-corrected chi connectivity index (χ4v) is 1.53. The highest BCUT2D eigenvalue weighted by molar-refractivity contribution is 5.66. The topological polar surface area (TPSA) is 0 Å². The van der Waals surface area contributed by atoms with Crippen molar-refractivity contribution in [3.8, 4) is 23.0 Å². The van der Waals surface area contributed by atoms with Gasteiger partial charge in [-0.15, -0.1) is 11.8 Å². The number of rotatable bonds is 2. The Balaban J connectivity index is 0.000000444. The Labute approximate surface area is 118 Å². The van der Waals surface area contributed by atoms with Crippen LogP contribution in [0.25, 0.3) is 17.2 Å². The molecule has 0 spiro atoms. The molecule has 2 aromatic carbocycles. The smallest absolute Gasteiger partial charge is 0.166 e. The minimum Gasteiger partial charge on any atom is -0.204 e. The molecule has 0 bridgehead atoms. The van der Waals surface area contributed by atoms with Crippen LogP contribution in [-0.2, 0) is 0 Å². The van der Waals surface area contributed by atoms with Crippen LogP contribution in [0.4, 0.5) is 8.78 Å². The lowest BCUT2D eigenvalue weighted by Gasteiger charge is -2.04. The van der Waals surface area contributed by atoms with Crippen LogP contribution in [0.3, 0.4) is 0 Å². The molecular weight excluding hydrogens is 254 g/mol. The molecule has 20 heavy (non-hydrogen) atoms. The SMILES string of the molecule is C=Cc1ccc(-c2cccc(F)c2F)cc1.CC#CC. The predicted molar refractivity (Wildman–Crippen MR) is 81.0 cm³/mol. The first-order valence-electron chi connectivity index (χ1n) is 6.14. The Morgan fingerprint density at radius 2 is 1.55 bits per heavy atom. The second kappa shape index (κ2) is 7.91. The van der Waals surface area contributed by atoms with E-state index in [2.05, 4.69) is 18.4 Å². The summed E-state index contributed by atoms with van der Waals surface area (Å²) in [6, 6.07) is 11.3. The Bertz CT molecular complexity index is 623. The maximum atomic E-state index is 13.5. The van der Waals surface area contributed by atoms with Crippen LogP contribution in [0.2, 0.25) is 0 Å². The van der Waals surface area contributed by atoms with E-state index in [1.165, 1.54) is 6.07 Å². The lowest BCUT2D eigenvalue weighted by Crippen LogP contribution is -1.88. The molecule has 0 saturated heterocycles. The number of halogens is 2. The maximum absolute atomic E-state index is 13.5. The van der Waals surface area contributed by atoms with Crippen molar-refractivity contribution in [1.82, 2.24) is 0 Å². The molecule has 0 radical (unpaired) electrons. The molecule has 0 aliphatic heterocycles. The van der Waals surface area contributed by atoms with Crippen molar-refractivity contribution in [2.24, 2.45) is 0 Å². The van der Waals surface area contributed by atoms with E-state index >= 15 is 0 Å². The third kappa shape index (κ3) is 4.07. The van der Waals surface area contributed by atoms with Crippen molar-refractivity contribution in [3.05, 3.63) is 66.2 Å². The van der Waals surface area contributed by atoms with E-state index in [0.29, 0.717) is 5.56 Å². The summed E-state index contributed by atoms with van der Waals surface area (Å²) in [5.74, 6) is 3.72. The van der Waals surface area contributed by atoms with Gasteiger partial charge >= 0.3 is 0 Å². The summed E-state index contributed by atoms with van der Waals surface area (Å²) in [4.78, 5) is 0. The molecule has 2 heteroatoms. The molecule has 0 aliphatic carbocycles. The summed E-state index contributed by atoms with van der Waals surface area (Å²) < 4.78 is 26.5. The van der Waals surface area contributed by atoms with Crippen LogP contribution in [0.1, 0.15) is 19.4 Å². The van der Waals surface area contributed by atoms with Gasteiger partial charge in [-0.25, -0.2) is 8.78 Å². The molecule has 0 aromatic heterocycles. The monoisotopic (exact) mass is 270 g/mol. The molecule has 2 aromatic rings. The van der Waals surface area contributed by atoms with Crippen molar-refractivity contribution in [1.29, 1.82) is 0 Å². The van der Waals surface area contributed by atoms with Gasteiger partial charge in [0.05, 0.1) is 0 Å². The standard InChI is InChI=1S/C14H10F2.C4H6/c1-2-10-6-8-11(9-7-10)12-4-3-5-13(15)14(12)16;1-3-4-2/h2-9H,1H2;1-2H3. The van der Waals surface area contributed by atoms with E-state index in [1.807, 2.05) is 26.0 Å². The molecular formula is C18H16F2. The summed E-state index contributed by atoms with van der Waals surface area (Å²) in [5.41, 5.74) is 1.87. The lowest BCUT2D eigenvalue weighted by atomic mass is 10.0. The molecule has 0 unspecified atom stereocenters. The van der Waals surface area contributed by atoms with Crippen LogP contribution in [0.15, 0.2) is 49.0 Å². The van der Waals surface area contributed by atoms with E-state index in [0.717, 1.165) is 11.6 Å². The minimum atomic E-state index is -0.828. The largest absolute Gasteiger partial charge is 0.204 e. The van der Waals surface area contributed by atoms with Gasteiger partial charge in [0.25, 0.3) is 0 Å². The van der Waals surface area contributed by atoms with Crippen molar-refractivity contribution in [2.75, 3.05) is 0 Å². The van der Waals surface area contributed by atoms with Gasteiger partial charge in [0, 0.05) is 5.56 Å². The van der Waals surface area contributed by atoms with E-state index in [1.54, 1.807) is 24.3 Å². The van der Waals surface area contributed by atoms with Crippen molar-refractivity contribution >= 4 is 6.08 Å². The van der Waals surface area contributed by atoms with Crippen molar-refractivity contribution in [3.63, 3.8) is 0 Å². The van der Waals surface area contributed by atoms with Crippen LogP contribution < -0.4 is 0 Å². The molecule has 0 fully saturated rings. The van der Waals surface area contributed by atoms with Gasteiger partial charge in [-0.05, 0) is 31.0 Å². The third-order valence-electron chi connectivity index (χ3n) is 2.66. The van der Waals surface area contributed by atoms with Gasteiger partial charge in [-0.2, -0.15) is 0 Å². The zero-order chi connectivity index (χ0) is 15.0. The van der Waals surface area contributed by atoms with Crippen LogP contribution in [0.5, 0.6) is 0 Å². The Hall–Kier alpha value is -2.40. The molecule has 0 N–H and O–H groups in total. The Morgan fingerprint density at radius 3 is 2.05 bits per heavy atom. The Kier molecular flexibility index (Phi) is 6.19. The molecule has 0 nitrogen and oxygen atoms in total. The molecule has 0 saturated carbocycles. The highest BCUT2D eigenvalue weighted by Gasteiger charge is 2.08. The lowest BCUT2D eigenvalue weighted by molar-refractivity contribution is 0.511. The zero-order valence-corrected chi connectivity index (χ0v) is 11.6. The average molecular weight is 270 g/mol. The van der Waals surface area contributed by atoms with Crippen LogP contribution in [-0.4, -0.2) is 0 Å². The van der Waals surface area contributed by atoms with Gasteiger partial charge in [-0.1, -0.05) is 49.1 Å². The molecule has 2 rings (SSSR count). The maximum Gasteiger partial charge on any atom is 0.166 e. The summed E-state index contributed by atoms with van der Waals surface area (Å²) in [6.07, 6.45) is 1.70. The first-order valence-corrected chi connectivity index (χ1v) is 6.14. The fraction of sp³-hybridized carbons (Fsp3) is 0.111. The van der Waals surface area contributed by atoms with E-state index in [-0.39, 0.29) is 5.56 Å². The second-order valence-electron chi connectivity index (χ2n) is 3.93. The molecule has 0 heterocycles. The van der Waals surface area contributed by atoms with Crippen molar-refractivity contribution in [2.45, 2.75) is 13.8 Å². The summed E-state index contributed by atoms with van der Waals surface area (Å²) >= 11 is 0. The normalized spacial score (nSPS) is 8.80. The number of hydrogen-bond donors (Lipinski definition) is 0. The average Bonchev–Trinajstić information content (AvgIpc) is 2.50. The zero-order valence-electron chi connectivity index (χ0n) is 11.6. The van der Waals surface area contributed by atoms with E-state index in [9.17, 15) is 8.78 Å². The molecule has 102 valence electrons. The summed E-state index contributed by atoms with van der Waals surface area (Å²) in [6.45, 7) is 7.27. The van der Waals surface area contributed by atoms with Gasteiger partial charge < -0.3 is 0 Å².